The molecule has 1 aliphatic rings. The Morgan fingerprint density at radius 2 is 1.50 bits per heavy atom. The summed E-state index contributed by atoms with van der Waals surface area (Å²) in [5.41, 5.74) is 3.64. The summed E-state index contributed by atoms with van der Waals surface area (Å²) in [6.07, 6.45) is 0.891. The smallest absolute Gasteiger partial charge is 0.173 e. The molecule has 4 aromatic rings. The van der Waals surface area contributed by atoms with Gasteiger partial charge in [-0.3, -0.25) is 4.90 Å². The molecule has 1 atom stereocenters. The Labute approximate surface area is 200 Å². The lowest BCUT2D eigenvalue weighted by atomic mass is 10.0. The van der Waals surface area contributed by atoms with Crippen molar-refractivity contribution in [3.05, 3.63) is 102 Å². The molecule has 1 aliphatic heterocycles. The number of hydrogen-bond donors (Lipinski definition) is 0. The predicted molar refractivity (Wildman–Crippen MR) is 133 cm³/mol. The van der Waals surface area contributed by atoms with Gasteiger partial charge in [-0.2, -0.15) is 0 Å². The number of methoxy groups -OCH3 is 1. The normalized spacial score (nSPS) is 15.3. The standard InChI is InChI=1S/C27H30N6O/c1-34-25-15-9-8-14-24(25)31-18-20-32(21-19-31)26(23-12-6-3-7-13-23)27-28-29-30-33(27)17-16-22-10-4-2-5-11-22/h2-15,26H,16-21H2,1H3/t26-/m0/s1. The van der Waals surface area contributed by atoms with Crippen molar-refractivity contribution in [2.75, 3.05) is 38.2 Å². The third kappa shape index (κ3) is 4.79. The average Bonchev–Trinajstić information content (AvgIpc) is 3.37. The molecule has 1 aromatic heterocycles. The molecule has 0 amide bonds. The van der Waals surface area contributed by atoms with Crippen LogP contribution in [0.15, 0.2) is 84.9 Å². The van der Waals surface area contributed by atoms with Gasteiger partial charge < -0.3 is 9.64 Å². The highest BCUT2D eigenvalue weighted by Crippen LogP contribution is 2.32. The first-order valence-corrected chi connectivity index (χ1v) is 11.8. The van der Waals surface area contributed by atoms with Gasteiger partial charge >= 0.3 is 0 Å². The number of benzene rings is 3. The second kappa shape index (κ2) is 10.5. The van der Waals surface area contributed by atoms with Crippen LogP contribution in [0.2, 0.25) is 0 Å². The van der Waals surface area contributed by atoms with E-state index in [2.05, 4.69) is 92.1 Å². The minimum absolute atomic E-state index is 0.00629. The first-order chi connectivity index (χ1) is 16.8. The first-order valence-electron chi connectivity index (χ1n) is 11.8. The summed E-state index contributed by atoms with van der Waals surface area (Å²) in [4.78, 5) is 4.89. The van der Waals surface area contributed by atoms with E-state index in [0.29, 0.717) is 0 Å². The zero-order chi connectivity index (χ0) is 23.2. The number of tetrazole rings is 1. The number of aryl methyl sites for hydroxylation is 2. The van der Waals surface area contributed by atoms with Crippen LogP contribution in [0.25, 0.3) is 0 Å². The fourth-order valence-electron chi connectivity index (χ4n) is 4.72. The third-order valence-electron chi connectivity index (χ3n) is 6.48. The Bertz CT molecular complexity index is 1170. The molecule has 1 saturated heterocycles. The summed E-state index contributed by atoms with van der Waals surface area (Å²) < 4.78 is 7.56. The Morgan fingerprint density at radius 1 is 0.824 bits per heavy atom. The largest absolute Gasteiger partial charge is 0.495 e. The van der Waals surface area contributed by atoms with Crippen LogP contribution in [0.3, 0.4) is 0 Å². The van der Waals surface area contributed by atoms with Crippen LogP contribution in [-0.4, -0.2) is 58.4 Å². The molecule has 7 nitrogen and oxygen atoms in total. The van der Waals surface area contributed by atoms with E-state index in [1.165, 1.54) is 11.1 Å². The molecule has 1 fully saturated rings. The summed E-state index contributed by atoms with van der Waals surface area (Å²) in [6.45, 7) is 4.38. The van der Waals surface area contributed by atoms with E-state index >= 15 is 0 Å². The summed E-state index contributed by atoms with van der Waals surface area (Å²) >= 11 is 0. The van der Waals surface area contributed by atoms with Gasteiger partial charge in [-0.15, -0.1) is 5.10 Å². The number of nitrogens with zero attached hydrogens (tertiary/aromatic N) is 6. The zero-order valence-electron chi connectivity index (χ0n) is 19.5. The van der Waals surface area contributed by atoms with Gasteiger partial charge in [-0.05, 0) is 40.1 Å². The van der Waals surface area contributed by atoms with Crippen LogP contribution in [0.4, 0.5) is 5.69 Å². The number of ether oxygens (including phenoxy) is 1. The Hall–Kier alpha value is -3.71. The van der Waals surface area contributed by atoms with Gasteiger partial charge in [0.25, 0.3) is 0 Å². The Morgan fingerprint density at radius 3 is 2.24 bits per heavy atom. The van der Waals surface area contributed by atoms with Gasteiger partial charge in [-0.25, -0.2) is 4.68 Å². The highest BCUT2D eigenvalue weighted by Gasteiger charge is 2.31. The number of anilines is 1. The maximum atomic E-state index is 5.60. The van der Waals surface area contributed by atoms with Gasteiger partial charge in [-0.1, -0.05) is 72.8 Å². The van der Waals surface area contributed by atoms with Crippen LogP contribution < -0.4 is 9.64 Å². The molecule has 0 aliphatic carbocycles. The minimum Gasteiger partial charge on any atom is -0.495 e. The van der Waals surface area contributed by atoms with Crippen molar-refractivity contribution < 1.29 is 4.74 Å². The molecule has 0 bridgehead atoms. The molecule has 174 valence electrons. The number of aromatic nitrogens is 4. The molecule has 7 heteroatoms. The maximum absolute atomic E-state index is 5.60. The molecule has 0 saturated carbocycles. The van der Waals surface area contributed by atoms with Crippen LogP contribution in [0, 0.1) is 0 Å². The quantitative estimate of drug-likeness (QED) is 0.403. The summed E-state index contributed by atoms with van der Waals surface area (Å²) in [6, 6.07) is 29.3. The van der Waals surface area contributed by atoms with Gasteiger partial charge in [0.15, 0.2) is 5.82 Å². The molecule has 5 rings (SSSR count). The summed E-state index contributed by atoms with van der Waals surface area (Å²) in [5, 5.41) is 12.9. The SMILES string of the molecule is COc1ccccc1N1CCN([C@@H](c2ccccc2)c2nnnn2CCc2ccccc2)CC1. The molecule has 0 spiro atoms. The minimum atomic E-state index is 0.00629. The predicted octanol–water partition coefficient (Wildman–Crippen LogP) is 3.84. The van der Waals surface area contributed by atoms with E-state index < -0.39 is 0 Å². The average molecular weight is 455 g/mol. The fourth-order valence-corrected chi connectivity index (χ4v) is 4.72. The van der Waals surface area contributed by atoms with Gasteiger partial charge in [0.05, 0.1) is 18.8 Å². The highest BCUT2D eigenvalue weighted by atomic mass is 16.5. The van der Waals surface area contributed by atoms with Gasteiger partial charge in [0.2, 0.25) is 0 Å². The van der Waals surface area contributed by atoms with Crippen molar-refractivity contribution in [3.8, 4) is 5.75 Å². The second-order valence-corrected chi connectivity index (χ2v) is 8.50. The molecule has 3 aromatic carbocycles. The molecule has 0 unspecified atom stereocenters. The van der Waals surface area contributed by atoms with Crippen molar-refractivity contribution in [2.24, 2.45) is 0 Å². The zero-order valence-corrected chi connectivity index (χ0v) is 19.5. The van der Waals surface area contributed by atoms with Crippen molar-refractivity contribution in [3.63, 3.8) is 0 Å². The number of para-hydroxylation sites is 2. The monoisotopic (exact) mass is 454 g/mol. The van der Waals surface area contributed by atoms with E-state index in [1.807, 2.05) is 22.9 Å². The van der Waals surface area contributed by atoms with Crippen LogP contribution in [-0.2, 0) is 13.0 Å². The lowest BCUT2D eigenvalue weighted by Gasteiger charge is -2.40. The van der Waals surface area contributed by atoms with Crippen LogP contribution >= 0.6 is 0 Å². The summed E-state index contributed by atoms with van der Waals surface area (Å²) in [5.74, 6) is 1.81. The van der Waals surface area contributed by atoms with Crippen LogP contribution in [0.5, 0.6) is 5.75 Å². The van der Waals surface area contributed by atoms with Gasteiger partial charge in [0, 0.05) is 32.7 Å². The van der Waals surface area contributed by atoms with Crippen molar-refractivity contribution in [2.45, 2.75) is 19.0 Å². The third-order valence-corrected chi connectivity index (χ3v) is 6.48. The lowest BCUT2D eigenvalue weighted by molar-refractivity contribution is 0.200. The van der Waals surface area contributed by atoms with E-state index in [-0.39, 0.29) is 6.04 Å². The maximum Gasteiger partial charge on any atom is 0.173 e. The molecular weight excluding hydrogens is 424 g/mol. The molecular formula is C27H30N6O. The number of hydrogen-bond acceptors (Lipinski definition) is 6. The fraction of sp³-hybridized carbons (Fsp3) is 0.296. The Balaban J connectivity index is 1.37. The lowest BCUT2D eigenvalue weighted by Crippen LogP contribution is -2.48. The number of piperazine rings is 1. The van der Waals surface area contributed by atoms with Crippen LogP contribution in [0.1, 0.15) is 23.0 Å². The van der Waals surface area contributed by atoms with E-state index in [1.54, 1.807) is 7.11 Å². The molecule has 34 heavy (non-hydrogen) atoms. The van der Waals surface area contributed by atoms with E-state index in [4.69, 9.17) is 4.74 Å². The van der Waals surface area contributed by atoms with Crippen molar-refractivity contribution >= 4 is 5.69 Å². The van der Waals surface area contributed by atoms with Crippen molar-refractivity contribution in [1.82, 2.24) is 25.1 Å². The van der Waals surface area contributed by atoms with E-state index in [9.17, 15) is 0 Å². The van der Waals surface area contributed by atoms with E-state index in [0.717, 1.165) is 56.4 Å². The summed E-state index contributed by atoms with van der Waals surface area (Å²) in [7, 11) is 1.73. The molecule has 2 heterocycles. The van der Waals surface area contributed by atoms with Gasteiger partial charge in [0.1, 0.15) is 5.75 Å². The second-order valence-electron chi connectivity index (χ2n) is 8.50. The highest BCUT2D eigenvalue weighted by molar-refractivity contribution is 5.58. The molecule has 0 N–H and O–H groups in total. The number of rotatable bonds is 8. The first kappa shape index (κ1) is 22.1. The Kier molecular flexibility index (Phi) is 6.81. The van der Waals surface area contributed by atoms with Crippen molar-refractivity contribution in [1.29, 1.82) is 0 Å². The topological polar surface area (TPSA) is 59.3 Å². The molecule has 0 radical (unpaired) electrons.